The molecule has 0 aliphatic carbocycles. The molecular formula is C15H18N4O2. The van der Waals surface area contributed by atoms with Crippen LogP contribution in [0.4, 0.5) is 11.5 Å². The maximum absolute atomic E-state index is 12.0. The van der Waals surface area contributed by atoms with Crippen molar-refractivity contribution in [1.29, 1.82) is 0 Å². The normalized spacial score (nSPS) is 9.95. The lowest BCUT2D eigenvalue weighted by molar-refractivity contribution is 0.0955. The number of hydrogen-bond donors (Lipinski definition) is 3. The van der Waals surface area contributed by atoms with Crippen LogP contribution in [0.1, 0.15) is 10.4 Å². The highest BCUT2D eigenvalue weighted by atomic mass is 16.5. The highest BCUT2D eigenvalue weighted by molar-refractivity contribution is 5.94. The Kier molecular flexibility index (Phi) is 4.98. The summed E-state index contributed by atoms with van der Waals surface area (Å²) >= 11 is 0. The van der Waals surface area contributed by atoms with Crippen molar-refractivity contribution < 1.29 is 9.53 Å². The average molecular weight is 286 g/mol. The number of rotatable bonds is 6. The standard InChI is InChI=1S/C15H18N4O2/c1-21-12-5-2-4-11(10-12)15(20)19-9-8-18-14-13(16)6-3-7-17-14/h2-7,10H,8-9,16H2,1H3,(H,17,18)(H,19,20). The van der Waals surface area contributed by atoms with Crippen molar-refractivity contribution >= 4 is 17.4 Å². The molecule has 21 heavy (non-hydrogen) atoms. The number of anilines is 2. The van der Waals surface area contributed by atoms with Crippen LogP contribution in [0.25, 0.3) is 0 Å². The van der Waals surface area contributed by atoms with Gasteiger partial charge in [-0.05, 0) is 30.3 Å². The lowest BCUT2D eigenvalue weighted by Gasteiger charge is -2.09. The van der Waals surface area contributed by atoms with Gasteiger partial charge in [-0.15, -0.1) is 0 Å². The Bertz CT molecular complexity index is 616. The molecule has 1 amide bonds. The fourth-order valence-electron chi connectivity index (χ4n) is 1.79. The summed E-state index contributed by atoms with van der Waals surface area (Å²) in [6.07, 6.45) is 1.66. The Labute approximate surface area is 123 Å². The minimum Gasteiger partial charge on any atom is -0.497 e. The molecule has 110 valence electrons. The summed E-state index contributed by atoms with van der Waals surface area (Å²) in [5, 5.41) is 5.88. The Morgan fingerprint density at radius 2 is 2.14 bits per heavy atom. The van der Waals surface area contributed by atoms with Crippen LogP contribution >= 0.6 is 0 Å². The van der Waals surface area contributed by atoms with Crippen LogP contribution in [0, 0.1) is 0 Å². The highest BCUT2D eigenvalue weighted by Gasteiger charge is 2.05. The number of ether oxygens (including phenoxy) is 1. The monoisotopic (exact) mass is 286 g/mol. The smallest absolute Gasteiger partial charge is 0.251 e. The summed E-state index contributed by atoms with van der Waals surface area (Å²) in [5.74, 6) is 1.12. The fraction of sp³-hybridized carbons (Fsp3) is 0.200. The Morgan fingerprint density at radius 3 is 2.90 bits per heavy atom. The molecule has 0 bridgehead atoms. The molecule has 0 radical (unpaired) electrons. The van der Waals surface area contributed by atoms with E-state index in [4.69, 9.17) is 10.5 Å². The van der Waals surface area contributed by atoms with Crippen LogP contribution in [0.3, 0.4) is 0 Å². The molecule has 0 saturated heterocycles. The minimum absolute atomic E-state index is 0.148. The van der Waals surface area contributed by atoms with Gasteiger partial charge in [0, 0.05) is 24.8 Å². The predicted octanol–water partition coefficient (Wildman–Crippen LogP) is 1.51. The molecule has 0 atom stereocenters. The number of nitrogens with one attached hydrogen (secondary N) is 2. The summed E-state index contributed by atoms with van der Waals surface area (Å²) in [6.45, 7) is 1.00. The molecule has 6 heteroatoms. The van der Waals surface area contributed by atoms with Crippen molar-refractivity contribution in [2.45, 2.75) is 0 Å². The van der Waals surface area contributed by atoms with E-state index >= 15 is 0 Å². The van der Waals surface area contributed by atoms with E-state index in [2.05, 4.69) is 15.6 Å². The van der Waals surface area contributed by atoms with Gasteiger partial charge in [0.25, 0.3) is 5.91 Å². The molecule has 4 N–H and O–H groups in total. The van der Waals surface area contributed by atoms with E-state index in [1.54, 1.807) is 49.7 Å². The second-order valence-electron chi connectivity index (χ2n) is 4.36. The van der Waals surface area contributed by atoms with Crippen molar-refractivity contribution in [3.05, 3.63) is 48.2 Å². The van der Waals surface area contributed by atoms with Gasteiger partial charge in [0.1, 0.15) is 11.6 Å². The number of carbonyl (C=O) groups excluding carboxylic acids is 1. The molecule has 0 fully saturated rings. The summed E-state index contributed by atoms with van der Waals surface area (Å²) in [5.41, 5.74) is 6.90. The third-order valence-electron chi connectivity index (χ3n) is 2.87. The van der Waals surface area contributed by atoms with Crippen LogP contribution in [0.15, 0.2) is 42.6 Å². The summed E-state index contributed by atoms with van der Waals surface area (Å²) in [7, 11) is 1.57. The van der Waals surface area contributed by atoms with Gasteiger partial charge in [0.15, 0.2) is 0 Å². The lowest BCUT2D eigenvalue weighted by Crippen LogP contribution is -2.29. The minimum atomic E-state index is -0.148. The molecule has 6 nitrogen and oxygen atoms in total. The quantitative estimate of drug-likeness (QED) is 0.700. The topological polar surface area (TPSA) is 89.3 Å². The van der Waals surface area contributed by atoms with Gasteiger partial charge in [-0.3, -0.25) is 4.79 Å². The molecule has 0 aliphatic heterocycles. The van der Waals surface area contributed by atoms with Gasteiger partial charge in [0.05, 0.1) is 12.8 Å². The van der Waals surface area contributed by atoms with E-state index in [0.29, 0.717) is 35.9 Å². The van der Waals surface area contributed by atoms with Gasteiger partial charge in [-0.1, -0.05) is 6.07 Å². The molecular weight excluding hydrogens is 268 g/mol. The fourth-order valence-corrected chi connectivity index (χ4v) is 1.79. The van der Waals surface area contributed by atoms with E-state index in [1.807, 2.05) is 0 Å². The Balaban J connectivity index is 1.80. The number of aromatic nitrogens is 1. The summed E-state index contributed by atoms with van der Waals surface area (Å²) < 4.78 is 5.09. The number of methoxy groups -OCH3 is 1. The van der Waals surface area contributed by atoms with Crippen molar-refractivity contribution in [2.24, 2.45) is 0 Å². The van der Waals surface area contributed by atoms with Crippen LogP contribution in [-0.4, -0.2) is 31.1 Å². The first-order valence-electron chi connectivity index (χ1n) is 6.57. The molecule has 2 rings (SSSR count). The molecule has 0 unspecified atom stereocenters. The third kappa shape index (κ3) is 4.10. The molecule has 2 aromatic rings. The first-order chi connectivity index (χ1) is 10.2. The lowest BCUT2D eigenvalue weighted by atomic mass is 10.2. The van der Waals surface area contributed by atoms with Crippen molar-refractivity contribution in [3.63, 3.8) is 0 Å². The number of pyridine rings is 1. The van der Waals surface area contributed by atoms with Crippen molar-refractivity contribution in [1.82, 2.24) is 10.3 Å². The van der Waals surface area contributed by atoms with Gasteiger partial charge >= 0.3 is 0 Å². The van der Waals surface area contributed by atoms with E-state index in [-0.39, 0.29) is 5.91 Å². The zero-order chi connectivity index (χ0) is 15.1. The second kappa shape index (κ2) is 7.14. The van der Waals surface area contributed by atoms with E-state index < -0.39 is 0 Å². The maximum Gasteiger partial charge on any atom is 0.251 e. The number of amides is 1. The van der Waals surface area contributed by atoms with E-state index in [0.717, 1.165) is 0 Å². The molecule has 1 aromatic carbocycles. The van der Waals surface area contributed by atoms with E-state index in [1.165, 1.54) is 0 Å². The van der Waals surface area contributed by atoms with Crippen LogP contribution in [0.5, 0.6) is 5.75 Å². The second-order valence-corrected chi connectivity index (χ2v) is 4.36. The van der Waals surface area contributed by atoms with Gasteiger partial charge in [-0.25, -0.2) is 4.98 Å². The van der Waals surface area contributed by atoms with Crippen molar-refractivity contribution in [2.75, 3.05) is 31.2 Å². The van der Waals surface area contributed by atoms with Gasteiger partial charge in [0.2, 0.25) is 0 Å². The molecule has 0 aliphatic rings. The summed E-state index contributed by atoms with van der Waals surface area (Å²) in [4.78, 5) is 16.1. The number of carbonyl (C=O) groups is 1. The number of benzene rings is 1. The SMILES string of the molecule is COc1cccc(C(=O)NCCNc2ncccc2N)c1. The van der Waals surface area contributed by atoms with E-state index in [9.17, 15) is 4.79 Å². The largest absolute Gasteiger partial charge is 0.497 e. The average Bonchev–Trinajstić information content (AvgIpc) is 2.53. The number of nitrogen functional groups attached to an aromatic ring is 1. The first-order valence-corrected chi connectivity index (χ1v) is 6.57. The summed E-state index contributed by atoms with van der Waals surface area (Å²) in [6, 6.07) is 10.5. The van der Waals surface area contributed by atoms with Gasteiger partial charge in [-0.2, -0.15) is 0 Å². The third-order valence-corrected chi connectivity index (χ3v) is 2.87. The molecule has 0 saturated carbocycles. The molecule has 1 aromatic heterocycles. The molecule has 0 spiro atoms. The van der Waals surface area contributed by atoms with Gasteiger partial charge < -0.3 is 21.1 Å². The molecule has 1 heterocycles. The van der Waals surface area contributed by atoms with Crippen LogP contribution in [0.2, 0.25) is 0 Å². The Hall–Kier alpha value is -2.76. The predicted molar refractivity (Wildman–Crippen MR) is 82.5 cm³/mol. The number of hydrogen-bond acceptors (Lipinski definition) is 5. The van der Waals surface area contributed by atoms with Crippen LogP contribution in [-0.2, 0) is 0 Å². The maximum atomic E-state index is 12.0. The van der Waals surface area contributed by atoms with Crippen molar-refractivity contribution in [3.8, 4) is 5.75 Å². The zero-order valence-electron chi connectivity index (χ0n) is 11.8. The number of nitrogens with two attached hydrogens (primary N) is 1. The van der Waals surface area contributed by atoms with Crippen LogP contribution < -0.4 is 21.1 Å². The first kappa shape index (κ1) is 14.6. The highest BCUT2D eigenvalue weighted by Crippen LogP contribution is 2.13. The zero-order valence-corrected chi connectivity index (χ0v) is 11.8. The Morgan fingerprint density at radius 1 is 1.29 bits per heavy atom. The number of nitrogens with zero attached hydrogens (tertiary/aromatic N) is 1.